The van der Waals surface area contributed by atoms with E-state index in [4.69, 9.17) is 4.74 Å². The van der Waals surface area contributed by atoms with Gasteiger partial charge in [0.2, 0.25) is 11.8 Å². The number of esters is 1. The third-order valence-electron chi connectivity index (χ3n) is 6.33. The maximum atomic E-state index is 13.2. The molecule has 31 heavy (non-hydrogen) atoms. The Kier molecular flexibility index (Phi) is 6.35. The molecule has 0 aliphatic carbocycles. The van der Waals surface area contributed by atoms with Gasteiger partial charge >= 0.3 is 5.97 Å². The Bertz CT molecular complexity index is 965. The zero-order valence-corrected chi connectivity index (χ0v) is 17.9. The van der Waals surface area contributed by atoms with Gasteiger partial charge in [0, 0.05) is 37.7 Å². The maximum Gasteiger partial charge on any atom is 0.337 e. The van der Waals surface area contributed by atoms with Crippen LogP contribution in [0.3, 0.4) is 0 Å². The number of anilines is 1. The summed E-state index contributed by atoms with van der Waals surface area (Å²) in [4.78, 5) is 41.2. The summed E-state index contributed by atoms with van der Waals surface area (Å²) in [7, 11) is 1.37. The molecule has 162 valence electrons. The highest BCUT2D eigenvalue weighted by atomic mass is 16.5. The first-order chi connectivity index (χ1) is 15.1. The van der Waals surface area contributed by atoms with Crippen LogP contribution in [0.15, 0.2) is 48.5 Å². The normalized spacial score (nSPS) is 16.2. The lowest BCUT2D eigenvalue weighted by molar-refractivity contribution is -0.134. The summed E-state index contributed by atoms with van der Waals surface area (Å²) in [6.07, 6.45) is 3.38. The summed E-state index contributed by atoms with van der Waals surface area (Å²) in [6.45, 7) is 1.90. The quantitative estimate of drug-likeness (QED) is 0.697. The lowest BCUT2D eigenvalue weighted by Gasteiger charge is -2.33. The molecule has 6 nitrogen and oxygen atoms in total. The molecule has 1 fully saturated rings. The van der Waals surface area contributed by atoms with Gasteiger partial charge in [0.25, 0.3) is 0 Å². The van der Waals surface area contributed by atoms with Crippen molar-refractivity contribution in [2.45, 2.75) is 32.1 Å². The van der Waals surface area contributed by atoms with Crippen molar-refractivity contribution in [1.29, 1.82) is 0 Å². The minimum atomic E-state index is -0.364. The van der Waals surface area contributed by atoms with Crippen LogP contribution >= 0.6 is 0 Å². The molecule has 0 radical (unpaired) electrons. The zero-order chi connectivity index (χ0) is 21.8. The minimum Gasteiger partial charge on any atom is -0.465 e. The molecule has 0 N–H and O–H groups in total. The fraction of sp³-hybridized carbons (Fsp3) is 0.400. The summed E-state index contributed by atoms with van der Waals surface area (Å²) in [5.41, 5.74) is 3.57. The van der Waals surface area contributed by atoms with Gasteiger partial charge in [0.1, 0.15) is 0 Å². The van der Waals surface area contributed by atoms with E-state index in [0.29, 0.717) is 44.5 Å². The SMILES string of the molecule is COC(=O)c1ccc2c(c1)CCN2C(=O)C1CCN(C(=O)CCc2ccccc2)CC1. The molecule has 2 aliphatic rings. The molecule has 2 aromatic carbocycles. The first-order valence-corrected chi connectivity index (χ1v) is 10.9. The van der Waals surface area contributed by atoms with Crippen molar-refractivity contribution >= 4 is 23.5 Å². The van der Waals surface area contributed by atoms with E-state index in [1.165, 1.54) is 12.7 Å². The third-order valence-corrected chi connectivity index (χ3v) is 6.33. The second kappa shape index (κ2) is 9.33. The number of carbonyl (C=O) groups is 3. The first kappa shape index (κ1) is 21.1. The Balaban J connectivity index is 1.31. The van der Waals surface area contributed by atoms with Gasteiger partial charge in [-0.25, -0.2) is 4.79 Å². The van der Waals surface area contributed by atoms with Gasteiger partial charge in [0.15, 0.2) is 0 Å². The van der Waals surface area contributed by atoms with Gasteiger partial charge < -0.3 is 14.5 Å². The second-order valence-electron chi connectivity index (χ2n) is 8.22. The number of fused-ring (bicyclic) bond motifs is 1. The van der Waals surface area contributed by atoms with Crippen LogP contribution in [-0.4, -0.2) is 49.4 Å². The Morgan fingerprint density at radius 1 is 1.00 bits per heavy atom. The van der Waals surface area contributed by atoms with Crippen LogP contribution < -0.4 is 4.90 Å². The molecule has 0 saturated carbocycles. The number of amides is 2. The molecular formula is C25H28N2O4. The van der Waals surface area contributed by atoms with Crippen molar-refractivity contribution < 1.29 is 19.1 Å². The highest BCUT2D eigenvalue weighted by molar-refractivity contribution is 5.98. The van der Waals surface area contributed by atoms with Gasteiger partial charge in [-0.3, -0.25) is 9.59 Å². The highest BCUT2D eigenvalue weighted by Gasteiger charge is 2.33. The Morgan fingerprint density at radius 2 is 1.74 bits per heavy atom. The predicted octanol–water partition coefficient (Wildman–Crippen LogP) is 3.23. The van der Waals surface area contributed by atoms with E-state index in [1.54, 1.807) is 6.07 Å². The number of likely N-dealkylation sites (tertiary alicyclic amines) is 1. The van der Waals surface area contributed by atoms with Crippen LogP contribution in [0, 0.1) is 5.92 Å². The maximum absolute atomic E-state index is 13.2. The third kappa shape index (κ3) is 4.63. The Hall–Kier alpha value is -3.15. The monoisotopic (exact) mass is 420 g/mol. The molecule has 4 rings (SSSR count). The van der Waals surface area contributed by atoms with Crippen LogP contribution in [0.4, 0.5) is 5.69 Å². The van der Waals surface area contributed by atoms with Crippen LogP contribution in [-0.2, 0) is 27.2 Å². The standard InChI is InChI=1S/C25H28N2O4/c1-31-25(30)21-8-9-22-20(17-21)13-16-27(22)24(29)19-11-14-26(15-12-19)23(28)10-7-18-5-3-2-4-6-18/h2-6,8-9,17,19H,7,10-16H2,1H3. The molecule has 2 heterocycles. The highest BCUT2D eigenvalue weighted by Crippen LogP contribution is 2.32. The topological polar surface area (TPSA) is 66.9 Å². The molecule has 0 aromatic heterocycles. The van der Waals surface area contributed by atoms with E-state index in [9.17, 15) is 14.4 Å². The summed E-state index contributed by atoms with van der Waals surface area (Å²) < 4.78 is 4.79. The molecule has 0 unspecified atom stereocenters. The molecule has 2 aromatic rings. The van der Waals surface area contributed by atoms with Crippen molar-refractivity contribution in [1.82, 2.24) is 4.90 Å². The van der Waals surface area contributed by atoms with Crippen molar-refractivity contribution in [2.75, 3.05) is 31.6 Å². The molecule has 0 atom stereocenters. The fourth-order valence-corrected chi connectivity index (χ4v) is 4.53. The van der Waals surface area contributed by atoms with Crippen molar-refractivity contribution in [3.63, 3.8) is 0 Å². The number of ether oxygens (including phenoxy) is 1. The number of hydrogen-bond donors (Lipinski definition) is 0. The number of rotatable bonds is 5. The van der Waals surface area contributed by atoms with E-state index < -0.39 is 0 Å². The number of nitrogens with zero attached hydrogens (tertiary/aromatic N) is 2. The Labute approximate surface area is 182 Å². The lowest BCUT2D eigenvalue weighted by Crippen LogP contribution is -2.44. The van der Waals surface area contributed by atoms with Gasteiger partial charge in [-0.05, 0) is 55.0 Å². The molecule has 1 saturated heterocycles. The van der Waals surface area contributed by atoms with Crippen molar-refractivity contribution in [2.24, 2.45) is 5.92 Å². The van der Waals surface area contributed by atoms with Crippen LogP contribution in [0.2, 0.25) is 0 Å². The molecule has 2 amide bonds. The summed E-state index contributed by atoms with van der Waals surface area (Å²) in [5.74, 6) is -0.140. The summed E-state index contributed by atoms with van der Waals surface area (Å²) >= 11 is 0. The van der Waals surface area contributed by atoms with Gasteiger partial charge in [0.05, 0.1) is 12.7 Å². The number of piperidine rings is 1. The van der Waals surface area contributed by atoms with Crippen LogP contribution in [0.1, 0.15) is 40.7 Å². The van der Waals surface area contributed by atoms with E-state index in [2.05, 4.69) is 0 Å². The second-order valence-corrected chi connectivity index (χ2v) is 8.22. The zero-order valence-electron chi connectivity index (χ0n) is 17.9. The smallest absolute Gasteiger partial charge is 0.337 e. The van der Waals surface area contributed by atoms with E-state index in [0.717, 1.165) is 24.1 Å². The number of aryl methyl sites for hydroxylation is 1. The van der Waals surface area contributed by atoms with E-state index in [-0.39, 0.29) is 23.7 Å². The fourth-order valence-electron chi connectivity index (χ4n) is 4.53. The van der Waals surface area contributed by atoms with Gasteiger partial charge in [-0.2, -0.15) is 0 Å². The molecule has 6 heteroatoms. The molecule has 0 spiro atoms. The number of carbonyl (C=O) groups excluding carboxylic acids is 3. The largest absolute Gasteiger partial charge is 0.465 e. The van der Waals surface area contributed by atoms with Crippen molar-refractivity contribution in [3.05, 3.63) is 65.2 Å². The number of hydrogen-bond acceptors (Lipinski definition) is 4. The number of benzene rings is 2. The summed E-state index contributed by atoms with van der Waals surface area (Å²) in [6, 6.07) is 15.4. The first-order valence-electron chi connectivity index (χ1n) is 10.9. The molecule has 2 aliphatic heterocycles. The average molecular weight is 421 g/mol. The van der Waals surface area contributed by atoms with E-state index >= 15 is 0 Å². The predicted molar refractivity (Wildman–Crippen MR) is 118 cm³/mol. The van der Waals surface area contributed by atoms with Crippen LogP contribution in [0.5, 0.6) is 0 Å². The average Bonchev–Trinajstić information content (AvgIpc) is 3.25. The van der Waals surface area contributed by atoms with Crippen molar-refractivity contribution in [3.8, 4) is 0 Å². The molecular weight excluding hydrogens is 392 g/mol. The lowest BCUT2D eigenvalue weighted by atomic mass is 9.94. The molecule has 0 bridgehead atoms. The minimum absolute atomic E-state index is 0.0654. The van der Waals surface area contributed by atoms with Gasteiger partial charge in [-0.1, -0.05) is 30.3 Å². The Morgan fingerprint density at radius 3 is 2.45 bits per heavy atom. The van der Waals surface area contributed by atoms with E-state index in [1.807, 2.05) is 52.3 Å². The van der Waals surface area contributed by atoms with Gasteiger partial charge in [-0.15, -0.1) is 0 Å². The van der Waals surface area contributed by atoms with Crippen LogP contribution in [0.25, 0.3) is 0 Å². The number of methoxy groups -OCH3 is 1. The summed E-state index contributed by atoms with van der Waals surface area (Å²) in [5, 5.41) is 0.